The number of aryl methyl sites for hydroxylation is 1. The zero-order valence-corrected chi connectivity index (χ0v) is 16.2. The van der Waals surface area contributed by atoms with Crippen LogP contribution in [0.4, 0.5) is 0 Å². The number of amides is 2. The van der Waals surface area contributed by atoms with Crippen molar-refractivity contribution in [1.82, 2.24) is 10.7 Å². The minimum atomic E-state index is -0.372. The van der Waals surface area contributed by atoms with E-state index in [1.165, 1.54) is 12.8 Å². The standard InChI is InChI=1S/C18H24BrN3O3/c1-12-7-8-16(15(19)9-12)25-11-18(24)22-21-13(2)10-17(23)20-14-5-3-4-6-14/h7-9,14H,3-6,10-11H2,1-2H3,(H,20,23)(H,22,24)/b21-13+. The Balaban J connectivity index is 1.71. The SMILES string of the molecule is C/C(CC(=O)NC1CCCC1)=N\NC(=O)COc1ccc(C)cc1Br. The topological polar surface area (TPSA) is 79.8 Å². The zero-order chi connectivity index (χ0) is 18.2. The number of carbonyl (C=O) groups excluding carboxylic acids is 2. The summed E-state index contributed by atoms with van der Waals surface area (Å²) in [7, 11) is 0. The second-order valence-electron chi connectivity index (χ2n) is 6.33. The van der Waals surface area contributed by atoms with Gasteiger partial charge in [-0.1, -0.05) is 18.9 Å². The Kier molecular flexibility index (Phi) is 7.43. The highest BCUT2D eigenvalue weighted by atomic mass is 79.9. The average Bonchev–Trinajstić information content (AvgIpc) is 3.04. The molecule has 0 saturated heterocycles. The fourth-order valence-corrected chi connectivity index (χ4v) is 3.28. The minimum absolute atomic E-state index is 0.0535. The summed E-state index contributed by atoms with van der Waals surface area (Å²) in [4.78, 5) is 23.7. The highest BCUT2D eigenvalue weighted by Gasteiger charge is 2.17. The lowest BCUT2D eigenvalue weighted by atomic mass is 10.2. The Bertz CT molecular complexity index is 655. The van der Waals surface area contributed by atoms with Gasteiger partial charge < -0.3 is 10.1 Å². The number of halogens is 1. The normalized spacial score (nSPS) is 15.1. The van der Waals surface area contributed by atoms with Crippen molar-refractivity contribution >= 4 is 33.5 Å². The van der Waals surface area contributed by atoms with E-state index in [9.17, 15) is 9.59 Å². The third kappa shape index (κ3) is 6.86. The molecule has 0 radical (unpaired) electrons. The molecule has 1 aromatic rings. The molecular weight excluding hydrogens is 386 g/mol. The van der Waals surface area contributed by atoms with Crippen molar-refractivity contribution in [3.63, 3.8) is 0 Å². The van der Waals surface area contributed by atoms with Gasteiger partial charge in [-0.25, -0.2) is 5.43 Å². The number of hydrazone groups is 1. The fraction of sp³-hybridized carbons (Fsp3) is 0.500. The molecule has 2 amide bonds. The molecule has 0 aromatic heterocycles. The van der Waals surface area contributed by atoms with Crippen molar-refractivity contribution in [2.24, 2.45) is 5.10 Å². The van der Waals surface area contributed by atoms with Crippen molar-refractivity contribution in [2.45, 2.75) is 52.0 Å². The van der Waals surface area contributed by atoms with E-state index in [-0.39, 0.29) is 30.9 Å². The van der Waals surface area contributed by atoms with Crippen molar-refractivity contribution in [3.05, 3.63) is 28.2 Å². The first-order valence-electron chi connectivity index (χ1n) is 8.44. The first kappa shape index (κ1) is 19.4. The Morgan fingerprint density at radius 3 is 2.68 bits per heavy atom. The Morgan fingerprint density at radius 1 is 1.28 bits per heavy atom. The monoisotopic (exact) mass is 409 g/mol. The molecule has 0 aliphatic heterocycles. The van der Waals surface area contributed by atoms with E-state index in [0.29, 0.717) is 11.5 Å². The Morgan fingerprint density at radius 2 is 2.00 bits per heavy atom. The summed E-state index contributed by atoms with van der Waals surface area (Å²) in [6.45, 7) is 3.54. The van der Waals surface area contributed by atoms with Gasteiger partial charge >= 0.3 is 0 Å². The minimum Gasteiger partial charge on any atom is -0.483 e. The van der Waals surface area contributed by atoms with Gasteiger partial charge in [0, 0.05) is 11.8 Å². The molecule has 7 heteroatoms. The van der Waals surface area contributed by atoms with Crippen LogP contribution in [0.2, 0.25) is 0 Å². The zero-order valence-electron chi connectivity index (χ0n) is 14.6. The lowest BCUT2D eigenvalue weighted by Gasteiger charge is -2.11. The molecule has 1 aliphatic rings. The number of nitrogens with zero attached hydrogens (tertiary/aromatic N) is 1. The quantitative estimate of drug-likeness (QED) is 0.536. The highest BCUT2D eigenvalue weighted by Crippen LogP contribution is 2.25. The number of ether oxygens (including phenoxy) is 1. The van der Waals surface area contributed by atoms with E-state index < -0.39 is 0 Å². The molecule has 0 unspecified atom stereocenters. The molecule has 1 aliphatic carbocycles. The van der Waals surface area contributed by atoms with Crippen LogP contribution in [0.25, 0.3) is 0 Å². The van der Waals surface area contributed by atoms with Crippen LogP contribution in [-0.4, -0.2) is 30.2 Å². The van der Waals surface area contributed by atoms with Gasteiger partial charge in [-0.15, -0.1) is 0 Å². The van der Waals surface area contributed by atoms with E-state index in [1.54, 1.807) is 13.0 Å². The van der Waals surface area contributed by atoms with Crippen LogP contribution >= 0.6 is 15.9 Å². The van der Waals surface area contributed by atoms with Gasteiger partial charge in [0.25, 0.3) is 5.91 Å². The van der Waals surface area contributed by atoms with Gasteiger partial charge in [0.1, 0.15) is 5.75 Å². The molecule has 2 rings (SSSR count). The molecule has 25 heavy (non-hydrogen) atoms. The number of hydrogen-bond acceptors (Lipinski definition) is 4. The summed E-state index contributed by atoms with van der Waals surface area (Å²) in [5.74, 6) is 0.169. The van der Waals surface area contributed by atoms with Crippen LogP contribution in [0.15, 0.2) is 27.8 Å². The molecule has 136 valence electrons. The molecule has 1 aromatic carbocycles. The summed E-state index contributed by atoms with van der Waals surface area (Å²) in [5.41, 5.74) is 4.06. The van der Waals surface area contributed by atoms with Crippen LogP contribution in [0.3, 0.4) is 0 Å². The smallest absolute Gasteiger partial charge is 0.277 e. The van der Waals surface area contributed by atoms with Crippen LogP contribution in [0, 0.1) is 6.92 Å². The van der Waals surface area contributed by atoms with Gasteiger partial charge in [0.2, 0.25) is 5.91 Å². The lowest BCUT2D eigenvalue weighted by molar-refractivity contribution is -0.123. The van der Waals surface area contributed by atoms with E-state index in [1.807, 2.05) is 19.1 Å². The maximum Gasteiger partial charge on any atom is 0.277 e. The van der Waals surface area contributed by atoms with Crippen LogP contribution in [0.5, 0.6) is 5.75 Å². The third-order valence-corrected chi connectivity index (χ3v) is 4.57. The van der Waals surface area contributed by atoms with Gasteiger partial charge in [-0.3, -0.25) is 9.59 Å². The third-order valence-electron chi connectivity index (χ3n) is 3.95. The molecule has 1 saturated carbocycles. The molecule has 2 N–H and O–H groups in total. The number of rotatable bonds is 7. The first-order chi connectivity index (χ1) is 11.9. The van der Waals surface area contributed by atoms with Crippen molar-refractivity contribution < 1.29 is 14.3 Å². The molecule has 0 bridgehead atoms. The molecule has 0 spiro atoms. The van der Waals surface area contributed by atoms with Crippen LogP contribution in [0.1, 0.15) is 44.6 Å². The second-order valence-corrected chi connectivity index (χ2v) is 7.18. The van der Waals surface area contributed by atoms with Crippen molar-refractivity contribution in [2.75, 3.05) is 6.61 Å². The molecule has 6 nitrogen and oxygen atoms in total. The molecule has 0 heterocycles. The van der Waals surface area contributed by atoms with E-state index in [0.717, 1.165) is 22.9 Å². The lowest BCUT2D eigenvalue weighted by Crippen LogP contribution is -2.34. The number of hydrogen-bond donors (Lipinski definition) is 2. The Labute approximate surface area is 156 Å². The summed E-state index contributed by atoms with van der Waals surface area (Å²) < 4.78 is 6.24. The second kappa shape index (κ2) is 9.56. The number of nitrogens with one attached hydrogen (secondary N) is 2. The number of carbonyl (C=O) groups is 2. The summed E-state index contributed by atoms with van der Waals surface area (Å²) >= 11 is 3.39. The van der Waals surface area contributed by atoms with Crippen LogP contribution < -0.4 is 15.5 Å². The first-order valence-corrected chi connectivity index (χ1v) is 9.23. The van der Waals surface area contributed by atoms with Gasteiger partial charge in [-0.05, 0) is 60.3 Å². The van der Waals surface area contributed by atoms with E-state index >= 15 is 0 Å². The van der Waals surface area contributed by atoms with Crippen molar-refractivity contribution in [3.8, 4) is 5.75 Å². The van der Waals surface area contributed by atoms with E-state index in [4.69, 9.17) is 4.74 Å². The highest BCUT2D eigenvalue weighted by molar-refractivity contribution is 9.10. The van der Waals surface area contributed by atoms with Crippen molar-refractivity contribution in [1.29, 1.82) is 0 Å². The maximum atomic E-state index is 11.9. The predicted octanol–water partition coefficient (Wildman–Crippen LogP) is 3.08. The van der Waals surface area contributed by atoms with Crippen LogP contribution in [-0.2, 0) is 9.59 Å². The molecule has 1 fully saturated rings. The predicted molar refractivity (Wildman–Crippen MR) is 101 cm³/mol. The largest absolute Gasteiger partial charge is 0.483 e. The van der Waals surface area contributed by atoms with Gasteiger partial charge in [0.05, 0.1) is 10.9 Å². The summed E-state index contributed by atoms with van der Waals surface area (Å²) in [6.07, 6.45) is 4.62. The molecule has 0 atom stereocenters. The fourth-order valence-electron chi connectivity index (χ4n) is 2.68. The summed E-state index contributed by atoms with van der Waals surface area (Å²) in [5, 5.41) is 6.94. The van der Waals surface area contributed by atoms with Gasteiger partial charge in [0.15, 0.2) is 6.61 Å². The summed E-state index contributed by atoms with van der Waals surface area (Å²) in [6, 6.07) is 5.91. The molecular formula is C18H24BrN3O3. The Hall–Kier alpha value is -1.89. The number of benzene rings is 1. The van der Waals surface area contributed by atoms with Gasteiger partial charge in [-0.2, -0.15) is 5.10 Å². The maximum absolute atomic E-state index is 11.9. The average molecular weight is 410 g/mol. The van der Waals surface area contributed by atoms with E-state index in [2.05, 4.69) is 31.8 Å².